The maximum absolute atomic E-state index is 14.0. The fourth-order valence-corrected chi connectivity index (χ4v) is 2.29. The predicted octanol–water partition coefficient (Wildman–Crippen LogP) is 2.64. The van der Waals surface area contributed by atoms with Gasteiger partial charge in [0.25, 0.3) is 0 Å². The fourth-order valence-electron chi connectivity index (χ4n) is 2.06. The molecule has 1 fully saturated rings. The monoisotopic (exact) mass is 368 g/mol. The SMILES string of the molecule is COC(=O)c1cc(N2C(=O)CC(C(F)(F)F)NC2=O)c(F)cc1Cl. The van der Waals surface area contributed by atoms with E-state index in [-0.39, 0.29) is 15.5 Å². The molecule has 1 aromatic rings. The second-order valence-electron chi connectivity index (χ2n) is 4.75. The number of halogens is 5. The van der Waals surface area contributed by atoms with Crippen molar-refractivity contribution < 1.29 is 36.7 Å². The molecule has 1 aromatic carbocycles. The molecule has 0 aromatic heterocycles. The van der Waals surface area contributed by atoms with E-state index in [0.717, 1.165) is 13.2 Å². The fraction of sp³-hybridized carbons (Fsp3) is 0.308. The molecular formula is C13H9ClF4N2O4. The first-order valence-corrected chi connectivity index (χ1v) is 6.71. The van der Waals surface area contributed by atoms with Gasteiger partial charge in [0.05, 0.1) is 29.8 Å². The van der Waals surface area contributed by atoms with Crippen molar-refractivity contribution in [3.8, 4) is 0 Å². The zero-order valence-corrected chi connectivity index (χ0v) is 12.7. The van der Waals surface area contributed by atoms with Crippen LogP contribution >= 0.6 is 11.6 Å². The molecule has 1 atom stereocenters. The number of amides is 3. The molecule has 11 heteroatoms. The van der Waals surface area contributed by atoms with E-state index in [0.29, 0.717) is 6.07 Å². The molecule has 6 nitrogen and oxygen atoms in total. The zero-order valence-electron chi connectivity index (χ0n) is 11.9. The first kappa shape index (κ1) is 18.0. The molecule has 1 unspecified atom stereocenters. The number of rotatable bonds is 2. The molecule has 1 aliphatic heterocycles. The third kappa shape index (κ3) is 3.28. The lowest BCUT2D eigenvalue weighted by Gasteiger charge is -2.32. The lowest BCUT2D eigenvalue weighted by Crippen LogP contribution is -2.59. The van der Waals surface area contributed by atoms with Gasteiger partial charge in [-0.05, 0) is 12.1 Å². The van der Waals surface area contributed by atoms with E-state index in [4.69, 9.17) is 11.6 Å². The highest BCUT2D eigenvalue weighted by Crippen LogP contribution is 2.32. The number of urea groups is 1. The van der Waals surface area contributed by atoms with Gasteiger partial charge in [0.1, 0.15) is 11.9 Å². The molecule has 1 aliphatic rings. The standard InChI is InChI=1S/C13H9ClF4N2O4/c1-24-11(22)5-2-8(7(15)3-6(5)14)20-10(21)4-9(13(16,17)18)19-12(20)23/h2-3,9H,4H2,1H3,(H,19,23). The summed E-state index contributed by atoms with van der Waals surface area (Å²) < 4.78 is 56.3. The van der Waals surface area contributed by atoms with Crippen LogP contribution in [0.15, 0.2) is 12.1 Å². The maximum atomic E-state index is 14.0. The summed E-state index contributed by atoms with van der Waals surface area (Å²) in [4.78, 5) is 35.5. The van der Waals surface area contributed by atoms with Crippen LogP contribution in [0.4, 0.5) is 28.0 Å². The minimum atomic E-state index is -4.83. The summed E-state index contributed by atoms with van der Waals surface area (Å²) in [7, 11) is 1.02. The van der Waals surface area contributed by atoms with E-state index in [1.165, 1.54) is 0 Å². The Hall–Kier alpha value is -2.36. The summed E-state index contributed by atoms with van der Waals surface area (Å²) >= 11 is 5.68. The Morgan fingerprint density at radius 1 is 1.38 bits per heavy atom. The number of methoxy groups -OCH3 is 1. The van der Waals surface area contributed by atoms with Crippen LogP contribution in [0, 0.1) is 5.82 Å². The van der Waals surface area contributed by atoms with Gasteiger partial charge in [-0.25, -0.2) is 18.9 Å². The van der Waals surface area contributed by atoms with Crippen LogP contribution in [0.3, 0.4) is 0 Å². The van der Waals surface area contributed by atoms with E-state index in [1.807, 2.05) is 0 Å². The molecule has 2 rings (SSSR count). The lowest BCUT2D eigenvalue weighted by molar-refractivity contribution is -0.160. The van der Waals surface area contributed by atoms with Crippen molar-refractivity contribution in [1.29, 1.82) is 0 Å². The lowest BCUT2D eigenvalue weighted by atomic mass is 10.1. The van der Waals surface area contributed by atoms with Gasteiger partial charge in [-0.2, -0.15) is 13.2 Å². The molecular weight excluding hydrogens is 360 g/mol. The van der Waals surface area contributed by atoms with E-state index < -0.39 is 48.1 Å². The highest BCUT2D eigenvalue weighted by molar-refractivity contribution is 6.34. The molecule has 1 saturated heterocycles. The van der Waals surface area contributed by atoms with Crippen molar-refractivity contribution in [2.75, 3.05) is 12.0 Å². The van der Waals surface area contributed by atoms with Crippen LogP contribution < -0.4 is 10.2 Å². The van der Waals surface area contributed by atoms with E-state index in [9.17, 15) is 31.9 Å². The predicted molar refractivity (Wildman–Crippen MR) is 73.2 cm³/mol. The van der Waals surface area contributed by atoms with Gasteiger partial charge in [-0.1, -0.05) is 11.6 Å². The molecule has 0 spiro atoms. The number of hydrogen-bond acceptors (Lipinski definition) is 4. The number of anilines is 1. The van der Waals surface area contributed by atoms with Crippen LogP contribution in [0.1, 0.15) is 16.8 Å². The molecule has 1 heterocycles. The first-order valence-electron chi connectivity index (χ1n) is 6.33. The number of nitrogens with zero attached hydrogens (tertiary/aromatic N) is 1. The average molecular weight is 369 g/mol. The summed E-state index contributed by atoms with van der Waals surface area (Å²) in [5.74, 6) is -3.42. The van der Waals surface area contributed by atoms with Gasteiger partial charge in [0, 0.05) is 0 Å². The summed E-state index contributed by atoms with van der Waals surface area (Å²) in [5, 5.41) is 1.22. The normalized spacial score (nSPS) is 18.4. The molecule has 0 bridgehead atoms. The maximum Gasteiger partial charge on any atom is 0.409 e. The number of hydrogen-bond donors (Lipinski definition) is 1. The van der Waals surface area contributed by atoms with Crippen molar-refractivity contribution in [1.82, 2.24) is 5.32 Å². The number of esters is 1. The summed E-state index contributed by atoms with van der Waals surface area (Å²) in [6.45, 7) is 0. The minimum Gasteiger partial charge on any atom is -0.465 e. The highest BCUT2D eigenvalue weighted by atomic mass is 35.5. The Bertz CT molecular complexity index is 705. The number of nitrogens with one attached hydrogen (secondary N) is 1. The molecule has 1 N–H and O–H groups in total. The topological polar surface area (TPSA) is 75.7 Å². The third-order valence-corrected chi connectivity index (χ3v) is 3.52. The first-order chi connectivity index (χ1) is 11.1. The Kier molecular flexibility index (Phi) is 4.70. The second-order valence-corrected chi connectivity index (χ2v) is 5.16. The van der Waals surface area contributed by atoms with E-state index in [2.05, 4.69) is 4.74 Å². The van der Waals surface area contributed by atoms with Crippen LogP contribution in [-0.4, -0.2) is 37.2 Å². The van der Waals surface area contributed by atoms with Crippen molar-refractivity contribution in [3.05, 3.63) is 28.5 Å². The molecule has 3 amide bonds. The zero-order chi connectivity index (χ0) is 18.2. The van der Waals surface area contributed by atoms with Gasteiger partial charge in [-0.15, -0.1) is 0 Å². The quantitative estimate of drug-likeness (QED) is 0.643. The second kappa shape index (κ2) is 6.27. The number of ether oxygens (including phenoxy) is 1. The van der Waals surface area contributed by atoms with E-state index >= 15 is 0 Å². The van der Waals surface area contributed by atoms with Gasteiger partial charge >= 0.3 is 18.2 Å². The van der Waals surface area contributed by atoms with Crippen molar-refractivity contribution in [2.45, 2.75) is 18.6 Å². The largest absolute Gasteiger partial charge is 0.465 e. The molecule has 0 aliphatic carbocycles. The average Bonchev–Trinajstić information content (AvgIpc) is 2.46. The van der Waals surface area contributed by atoms with Crippen LogP contribution in [-0.2, 0) is 9.53 Å². The minimum absolute atomic E-state index is 0.181. The van der Waals surface area contributed by atoms with Crippen molar-refractivity contribution in [2.24, 2.45) is 0 Å². The number of benzene rings is 1. The summed E-state index contributed by atoms with van der Waals surface area (Å²) in [6.07, 6.45) is -5.93. The third-order valence-electron chi connectivity index (χ3n) is 3.21. The van der Waals surface area contributed by atoms with Gasteiger partial charge in [0.15, 0.2) is 0 Å². The number of alkyl halides is 3. The van der Waals surface area contributed by atoms with Crippen LogP contribution in [0.25, 0.3) is 0 Å². The Balaban J connectivity index is 2.43. The Labute approximate surface area is 137 Å². The number of carbonyl (C=O) groups excluding carboxylic acids is 3. The molecule has 24 heavy (non-hydrogen) atoms. The van der Waals surface area contributed by atoms with Gasteiger partial charge < -0.3 is 10.1 Å². The van der Waals surface area contributed by atoms with Crippen molar-refractivity contribution >= 4 is 35.2 Å². The molecule has 0 radical (unpaired) electrons. The van der Waals surface area contributed by atoms with Crippen molar-refractivity contribution in [3.63, 3.8) is 0 Å². The number of imide groups is 1. The summed E-state index contributed by atoms with van der Waals surface area (Å²) in [6, 6.07) is -2.43. The Morgan fingerprint density at radius 2 is 2.00 bits per heavy atom. The van der Waals surface area contributed by atoms with Crippen LogP contribution in [0.5, 0.6) is 0 Å². The number of carbonyl (C=O) groups is 3. The summed E-state index contributed by atoms with van der Waals surface area (Å²) in [5.41, 5.74) is -1.06. The smallest absolute Gasteiger partial charge is 0.409 e. The molecule has 0 saturated carbocycles. The Morgan fingerprint density at radius 3 is 2.50 bits per heavy atom. The van der Waals surface area contributed by atoms with Crippen LogP contribution in [0.2, 0.25) is 5.02 Å². The molecule has 130 valence electrons. The van der Waals surface area contributed by atoms with Gasteiger partial charge in [0.2, 0.25) is 5.91 Å². The van der Waals surface area contributed by atoms with Gasteiger partial charge in [-0.3, -0.25) is 4.79 Å². The van der Waals surface area contributed by atoms with E-state index in [1.54, 1.807) is 5.32 Å². The highest BCUT2D eigenvalue weighted by Gasteiger charge is 2.47.